The number of aliphatic imine (C=N–C) groups is 1. The topological polar surface area (TPSA) is 96.9 Å². The summed E-state index contributed by atoms with van der Waals surface area (Å²) in [4.78, 5) is 16.2. The predicted octanol–water partition coefficient (Wildman–Crippen LogP) is 2.06. The third kappa shape index (κ3) is 5.25. The van der Waals surface area contributed by atoms with Gasteiger partial charge in [0.2, 0.25) is 5.84 Å². The van der Waals surface area contributed by atoms with Gasteiger partial charge in [-0.2, -0.15) is 0 Å². The highest BCUT2D eigenvalue weighted by molar-refractivity contribution is 7.91. The molecule has 1 aliphatic heterocycles. The maximum absolute atomic E-state index is 12.0. The number of esters is 1. The Hall–Kier alpha value is -1.51. The van der Waals surface area contributed by atoms with Gasteiger partial charge in [0.1, 0.15) is 0 Å². The summed E-state index contributed by atoms with van der Waals surface area (Å²) in [5.41, 5.74) is 5.82. The van der Waals surface area contributed by atoms with Crippen LogP contribution in [-0.4, -0.2) is 44.4 Å². The smallest absolute Gasteiger partial charge is 0.375 e. The highest BCUT2D eigenvalue weighted by Gasteiger charge is 2.29. The van der Waals surface area contributed by atoms with Gasteiger partial charge in [0, 0.05) is 5.02 Å². The summed E-state index contributed by atoms with van der Waals surface area (Å²) in [5.74, 6) is -0.831. The van der Waals surface area contributed by atoms with Crippen LogP contribution in [0.4, 0.5) is 5.69 Å². The second-order valence-electron chi connectivity index (χ2n) is 5.13. The first-order valence-electron chi connectivity index (χ1n) is 7.23. The van der Waals surface area contributed by atoms with E-state index in [0.29, 0.717) is 22.2 Å². The van der Waals surface area contributed by atoms with Gasteiger partial charge in [-0.3, -0.25) is 15.8 Å². The molecule has 0 spiro atoms. The summed E-state index contributed by atoms with van der Waals surface area (Å²) in [6, 6.07) is 4.30. The molecule has 1 saturated heterocycles. The molecule has 10 heteroatoms. The average molecular weight is 394 g/mol. The van der Waals surface area contributed by atoms with Gasteiger partial charge in [-0.1, -0.05) is 23.2 Å². The van der Waals surface area contributed by atoms with E-state index >= 15 is 0 Å². The number of carbonyl (C=O) groups excluding carboxylic acids is 1. The number of benzene rings is 1. The molecule has 1 aromatic carbocycles. The summed E-state index contributed by atoms with van der Waals surface area (Å²) in [6.45, 7) is 1.83. The molecule has 0 saturated carbocycles. The van der Waals surface area contributed by atoms with Crippen molar-refractivity contribution in [3.05, 3.63) is 28.2 Å². The van der Waals surface area contributed by atoms with Gasteiger partial charge in [-0.15, -0.1) is 0 Å². The van der Waals surface area contributed by atoms with Crippen LogP contribution < -0.4 is 10.9 Å². The number of rotatable bonds is 4. The van der Waals surface area contributed by atoms with Crippen molar-refractivity contribution >= 4 is 50.5 Å². The van der Waals surface area contributed by atoms with Gasteiger partial charge >= 0.3 is 5.97 Å². The Morgan fingerprint density at radius 3 is 2.79 bits per heavy atom. The minimum absolute atomic E-state index is 0.0603. The molecule has 0 aliphatic carbocycles. The number of ether oxygens (including phenoxy) is 1. The second kappa shape index (κ2) is 8.04. The minimum atomic E-state index is -3.10. The van der Waals surface area contributed by atoms with Gasteiger partial charge < -0.3 is 4.74 Å². The van der Waals surface area contributed by atoms with Crippen LogP contribution in [0.15, 0.2) is 23.2 Å². The zero-order valence-electron chi connectivity index (χ0n) is 12.9. The molecule has 0 aromatic heterocycles. The van der Waals surface area contributed by atoms with E-state index in [4.69, 9.17) is 27.9 Å². The molecule has 2 N–H and O–H groups in total. The van der Waals surface area contributed by atoms with E-state index in [1.165, 1.54) is 0 Å². The zero-order chi connectivity index (χ0) is 17.7. The van der Waals surface area contributed by atoms with Crippen molar-refractivity contribution in [3.63, 3.8) is 0 Å². The molecule has 1 aromatic rings. The Morgan fingerprint density at radius 1 is 1.42 bits per heavy atom. The van der Waals surface area contributed by atoms with Crippen molar-refractivity contribution in [2.24, 2.45) is 4.99 Å². The first-order chi connectivity index (χ1) is 11.3. The van der Waals surface area contributed by atoms with Crippen LogP contribution in [0, 0.1) is 0 Å². The maximum atomic E-state index is 12.0. The molecule has 0 bridgehead atoms. The molecule has 0 amide bonds. The lowest BCUT2D eigenvalue weighted by Gasteiger charge is -2.14. The van der Waals surface area contributed by atoms with Gasteiger partial charge in [0.05, 0.1) is 34.9 Å². The Bertz CT molecular complexity index is 752. The van der Waals surface area contributed by atoms with Crippen LogP contribution >= 0.6 is 23.2 Å². The van der Waals surface area contributed by atoms with Crippen LogP contribution in [-0.2, 0) is 19.4 Å². The fourth-order valence-corrected chi connectivity index (χ4v) is 4.08. The summed E-state index contributed by atoms with van der Waals surface area (Å²) in [5, 5.41) is 0.846. The lowest BCUT2D eigenvalue weighted by atomic mass is 10.3. The largest absolute Gasteiger partial charge is 0.460 e. The van der Waals surface area contributed by atoms with Crippen LogP contribution in [0.2, 0.25) is 10.0 Å². The van der Waals surface area contributed by atoms with E-state index < -0.39 is 21.8 Å². The van der Waals surface area contributed by atoms with Gasteiger partial charge in [-0.25, -0.2) is 13.2 Å². The average Bonchev–Trinajstić information content (AvgIpc) is 2.85. The molecule has 1 fully saturated rings. The molecular weight excluding hydrogens is 377 g/mol. The van der Waals surface area contributed by atoms with Crippen molar-refractivity contribution in [1.29, 1.82) is 0 Å². The van der Waals surface area contributed by atoms with Crippen molar-refractivity contribution in [3.8, 4) is 0 Å². The number of halogens is 2. The lowest BCUT2D eigenvalue weighted by Crippen LogP contribution is -2.38. The normalized spacial score (nSPS) is 19.8. The third-order valence-electron chi connectivity index (χ3n) is 3.23. The quantitative estimate of drug-likeness (QED) is 0.351. The molecule has 24 heavy (non-hydrogen) atoms. The van der Waals surface area contributed by atoms with Gasteiger partial charge in [0.25, 0.3) is 0 Å². The van der Waals surface area contributed by atoms with Crippen LogP contribution in [0.5, 0.6) is 0 Å². The Labute approximate surface area is 150 Å². The highest BCUT2D eigenvalue weighted by atomic mass is 35.5. The first kappa shape index (κ1) is 18.8. The third-order valence-corrected chi connectivity index (χ3v) is 5.55. The number of nitrogens with one attached hydrogen (secondary N) is 2. The molecule has 0 radical (unpaired) electrons. The van der Waals surface area contributed by atoms with Crippen molar-refractivity contribution in [1.82, 2.24) is 5.43 Å². The maximum Gasteiger partial charge on any atom is 0.375 e. The summed E-state index contributed by atoms with van der Waals surface area (Å²) in [6.07, 6.45) is 0.366. The van der Waals surface area contributed by atoms with E-state index in [1.54, 1.807) is 25.1 Å². The Kier molecular flexibility index (Phi) is 6.31. The van der Waals surface area contributed by atoms with Crippen molar-refractivity contribution in [2.45, 2.75) is 19.4 Å². The number of nitrogens with zero attached hydrogens (tertiary/aromatic N) is 1. The van der Waals surface area contributed by atoms with E-state index in [2.05, 4.69) is 15.8 Å². The lowest BCUT2D eigenvalue weighted by molar-refractivity contribution is -0.135. The number of sulfone groups is 1. The number of carbonyl (C=O) groups is 1. The number of hydrogen-bond donors (Lipinski definition) is 2. The van der Waals surface area contributed by atoms with Crippen molar-refractivity contribution in [2.75, 3.05) is 23.5 Å². The number of anilines is 1. The standard InChI is InChI=1S/C14H17Cl2N3O4S/c1-2-23-14(20)13(17-10-5-6-24(21,22)8-10)19-18-12-7-9(15)3-4-11(12)16/h3-4,7,10,18H,2,5-6,8H2,1H3,(H,17,19)/t10-/m1/s1. The summed E-state index contributed by atoms with van der Waals surface area (Å²) in [7, 11) is -3.10. The molecule has 1 heterocycles. The van der Waals surface area contributed by atoms with E-state index in [1.807, 2.05) is 0 Å². The monoisotopic (exact) mass is 393 g/mol. The predicted molar refractivity (Wildman–Crippen MR) is 94.3 cm³/mol. The highest BCUT2D eigenvalue weighted by Crippen LogP contribution is 2.24. The van der Waals surface area contributed by atoms with E-state index in [9.17, 15) is 13.2 Å². The second-order valence-corrected chi connectivity index (χ2v) is 8.20. The molecule has 132 valence electrons. The molecule has 7 nitrogen and oxygen atoms in total. The Morgan fingerprint density at radius 2 is 2.17 bits per heavy atom. The van der Waals surface area contributed by atoms with Gasteiger partial charge in [0.15, 0.2) is 9.84 Å². The SMILES string of the molecule is CCOC(=O)C(=N[C@@H]1CCS(=O)(=O)C1)NNc1cc(Cl)ccc1Cl. The minimum Gasteiger partial charge on any atom is -0.460 e. The fourth-order valence-electron chi connectivity index (χ4n) is 2.12. The van der Waals surface area contributed by atoms with Gasteiger partial charge in [-0.05, 0) is 31.5 Å². The van der Waals surface area contributed by atoms with Crippen LogP contribution in [0.25, 0.3) is 0 Å². The molecule has 0 unspecified atom stereocenters. The molecule has 2 rings (SSSR count). The van der Waals surface area contributed by atoms with E-state index in [0.717, 1.165) is 0 Å². The molecule has 1 aliphatic rings. The fraction of sp³-hybridized carbons (Fsp3) is 0.429. The van der Waals surface area contributed by atoms with Crippen LogP contribution in [0.1, 0.15) is 13.3 Å². The summed E-state index contributed by atoms with van der Waals surface area (Å²) >= 11 is 11.9. The first-order valence-corrected chi connectivity index (χ1v) is 9.81. The van der Waals surface area contributed by atoms with E-state index in [-0.39, 0.29) is 23.9 Å². The van der Waals surface area contributed by atoms with Crippen molar-refractivity contribution < 1.29 is 17.9 Å². The molecular formula is C14H17Cl2N3O4S. The number of amidine groups is 1. The number of hydrazine groups is 1. The zero-order valence-corrected chi connectivity index (χ0v) is 15.2. The van der Waals surface area contributed by atoms with Crippen LogP contribution in [0.3, 0.4) is 0 Å². The molecule has 1 atom stereocenters. The number of hydrogen-bond acceptors (Lipinski definition) is 6. The Balaban J connectivity index is 2.14. The summed E-state index contributed by atoms with van der Waals surface area (Å²) < 4.78 is 28.0.